The van der Waals surface area contributed by atoms with E-state index in [1.165, 1.54) is 0 Å². The van der Waals surface area contributed by atoms with Crippen LogP contribution in [0.3, 0.4) is 0 Å². The van der Waals surface area contributed by atoms with E-state index in [1.54, 1.807) is 6.92 Å². The summed E-state index contributed by atoms with van der Waals surface area (Å²) in [5.74, 6) is 0.0316. The summed E-state index contributed by atoms with van der Waals surface area (Å²) in [6.45, 7) is 3.81. The average Bonchev–Trinajstić information content (AvgIpc) is 3.20. The maximum Gasteiger partial charge on any atom is 0.222 e. The van der Waals surface area contributed by atoms with Crippen molar-refractivity contribution in [2.24, 2.45) is 5.92 Å². The number of amides is 1. The van der Waals surface area contributed by atoms with E-state index in [0.717, 1.165) is 24.0 Å². The molecule has 0 radical (unpaired) electrons. The Kier molecular flexibility index (Phi) is 4.45. The number of aliphatic hydroxyl groups excluding tert-OH is 1. The van der Waals surface area contributed by atoms with E-state index < -0.39 is 11.7 Å². The second-order valence-corrected chi connectivity index (χ2v) is 5.98. The molecule has 0 aromatic heterocycles. The second kappa shape index (κ2) is 5.94. The highest BCUT2D eigenvalue weighted by molar-refractivity contribution is 5.77. The predicted molar refractivity (Wildman–Crippen MR) is 77.1 cm³/mol. The van der Waals surface area contributed by atoms with Gasteiger partial charge in [-0.3, -0.25) is 4.79 Å². The Hall–Kier alpha value is -1.39. The fraction of sp³-hybridized carbons (Fsp3) is 0.562. The molecule has 3 N–H and O–H groups in total. The molecule has 1 amide bonds. The third-order valence-electron chi connectivity index (χ3n) is 4.02. The molecule has 1 aromatic rings. The molecule has 1 aromatic carbocycles. The summed E-state index contributed by atoms with van der Waals surface area (Å²) in [6, 6.07) is 7.56. The number of rotatable bonds is 6. The van der Waals surface area contributed by atoms with E-state index in [4.69, 9.17) is 0 Å². The van der Waals surface area contributed by atoms with Crippen molar-refractivity contribution in [3.8, 4) is 0 Å². The Bertz CT molecular complexity index is 480. The van der Waals surface area contributed by atoms with Gasteiger partial charge in [0.05, 0.1) is 18.1 Å². The summed E-state index contributed by atoms with van der Waals surface area (Å²) in [4.78, 5) is 11.8. The van der Waals surface area contributed by atoms with Crippen LogP contribution in [0, 0.1) is 12.8 Å². The first-order valence-corrected chi connectivity index (χ1v) is 7.13. The third-order valence-corrected chi connectivity index (χ3v) is 4.02. The lowest BCUT2D eigenvalue weighted by Crippen LogP contribution is -2.37. The molecule has 2 unspecified atom stereocenters. The number of benzene rings is 1. The number of hydrogen-bond acceptors (Lipinski definition) is 3. The summed E-state index contributed by atoms with van der Waals surface area (Å²) in [6.07, 6.45) is 1.36. The van der Waals surface area contributed by atoms with Gasteiger partial charge in [-0.2, -0.15) is 0 Å². The first-order valence-electron chi connectivity index (χ1n) is 7.13. The molecule has 2 rings (SSSR count). The SMILES string of the molecule is Cc1ccccc1C(O)CNC(=O)CC(C)(O)C1CC1. The van der Waals surface area contributed by atoms with Crippen molar-refractivity contribution in [2.45, 2.75) is 44.8 Å². The van der Waals surface area contributed by atoms with Crippen LogP contribution in [-0.4, -0.2) is 28.3 Å². The van der Waals surface area contributed by atoms with Crippen molar-refractivity contribution in [3.63, 3.8) is 0 Å². The van der Waals surface area contributed by atoms with Crippen LogP contribution in [0.1, 0.15) is 43.4 Å². The molecule has 1 aliphatic rings. The number of nitrogens with one attached hydrogen (secondary N) is 1. The van der Waals surface area contributed by atoms with Gasteiger partial charge in [0.2, 0.25) is 5.91 Å². The van der Waals surface area contributed by atoms with Crippen LogP contribution in [-0.2, 0) is 4.79 Å². The van der Waals surface area contributed by atoms with Crippen LogP contribution in [0.15, 0.2) is 24.3 Å². The van der Waals surface area contributed by atoms with Gasteiger partial charge in [0.15, 0.2) is 0 Å². The smallest absolute Gasteiger partial charge is 0.222 e. The first kappa shape index (κ1) is 15.0. The average molecular weight is 277 g/mol. The van der Waals surface area contributed by atoms with Gasteiger partial charge in [-0.1, -0.05) is 24.3 Å². The summed E-state index contributed by atoms with van der Waals surface area (Å²) in [5, 5.41) is 22.9. The summed E-state index contributed by atoms with van der Waals surface area (Å²) >= 11 is 0. The van der Waals surface area contributed by atoms with E-state index in [2.05, 4.69) is 5.32 Å². The highest BCUT2D eigenvalue weighted by Crippen LogP contribution is 2.41. The van der Waals surface area contributed by atoms with Crippen molar-refractivity contribution in [1.29, 1.82) is 0 Å². The molecule has 1 aliphatic carbocycles. The zero-order valence-electron chi connectivity index (χ0n) is 12.1. The Labute approximate surface area is 119 Å². The first-order chi connectivity index (χ1) is 9.40. The molecule has 0 heterocycles. The Morgan fingerprint density at radius 1 is 1.45 bits per heavy atom. The van der Waals surface area contributed by atoms with Gasteiger partial charge in [0.1, 0.15) is 0 Å². The van der Waals surface area contributed by atoms with Gasteiger partial charge >= 0.3 is 0 Å². The molecule has 4 nitrogen and oxygen atoms in total. The van der Waals surface area contributed by atoms with Crippen LogP contribution in [0.4, 0.5) is 0 Å². The van der Waals surface area contributed by atoms with E-state index in [0.29, 0.717) is 0 Å². The van der Waals surface area contributed by atoms with Crippen LogP contribution in [0.2, 0.25) is 0 Å². The van der Waals surface area contributed by atoms with Crippen molar-refractivity contribution in [1.82, 2.24) is 5.32 Å². The second-order valence-electron chi connectivity index (χ2n) is 5.98. The summed E-state index contributed by atoms with van der Waals surface area (Å²) in [7, 11) is 0. The van der Waals surface area contributed by atoms with Gasteiger partial charge in [-0.05, 0) is 43.7 Å². The van der Waals surface area contributed by atoms with Crippen LogP contribution < -0.4 is 5.32 Å². The quantitative estimate of drug-likeness (QED) is 0.741. The molecular formula is C16H23NO3. The lowest BCUT2D eigenvalue weighted by Gasteiger charge is -2.22. The Balaban J connectivity index is 1.82. The van der Waals surface area contributed by atoms with Crippen molar-refractivity contribution in [3.05, 3.63) is 35.4 Å². The summed E-state index contributed by atoms with van der Waals surface area (Å²) < 4.78 is 0. The van der Waals surface area contributed by atoms with Gasteiger partial charge in [-0.15, -0.1) is 0 Å². The van der Waals surface area contributed by atoms with Crippen LogP contribution in [0.25, 0.3) is 0 Å². The number of carbonyl (C=O) groups excluding carboxylic acids is 1. The standard InChI is InChI=1S/C16H23NO3/c1-11-5-3-4-6-13(11)14(18)10-17-15(19)9-16(2,20)12-7-8-12/h3-6,12,14,18,20H,7-10H2,1-2H3,(H,17,19). The zero-order chi connectivity index (χ0) is 14.8. The molecular weight excluding hydrogens is 254 g/mol. The Morgan fingerprint density at radius 2 is 2.10 bits per heavy atom. The normalized spacial score (nSPS) is 19.2. The van der Waals surface area contributed by atoms with Gasteiger partial charge in [0, 0.05) is 6.54 Å². The van der Waals surface area contributed by atoms with Crippen LogP contribution >= 0.6 is 0 Å². The molecule has 1 saturated carbocycles. The molecule has 110 valence electrons. The van der Waals surface area contributed by atoms with Crippen LogP contribution in [0.5, 0.6) is 0 Å². The molecule has 4 heteroatoms. The minimum absolute atomic E-state index is 0.0954. The van der Waals surface area contributed by atoms with E-state index in [1.807, 2.05) is 31.2 Å². The van der Waals surface area contributed by atoms with Gasteiger partial charge in [-0.25, -0.2) is 0 Å². The van der Waals surface area contributed by atoms with Crippen molar-refractivity contribution < 1.29 is 15.0 Å². The predicted octanol–water partition coefficient (Wildman–Crippen LogP) is 1.70. The molecule has 0 aliphatic heterocycles. The fourth-order valence-corrected chi connectivity index (χ4v) is 2.52. The fourth-order valence-electron chi connectivity index (χ4n) is 2.52. The molecule has 0 spiro atoms. The number of aryl methyl sites for hydroxylation is 1. The third kappa shape index (κ3) is 3.81. The van der Waals surface area contributed by atoms with Crippen molar-refractivity contribution >= 4 is 5.91 Å². The number of hydrogen-bond donors (Lipinski definition) is 3. The molecule has 1 fully saturated rings. The maximum atomic E-state index is 11.8. The van der Waals surface area contributed by atoms with E-state index in [-0.39, 0.29) is 24.8 Å². The van der Waals surface area contributed by atoms with E-state index in [9.17, 15) is 15.0 Å². The molecule has 0 bridgehead atoms. The minimum atomic E-state index is -0.919. The monoisotopic (exact) mass is 277 g/mol. The van der Waals surface area contributed by atoms with Gasteiger partial charge < -0.3 is 15.5 Å². The van der Waals surface area contributed by atoms with E-state index >= 15 is 0 Å². The zero-order valence-corrected chi connectivity index (χ0v) is 12.1. The molecule has 20 heavy (non-hydrogen) atoms. The molecule has 2 atom stereocenters. The summed E-state index contributed by atoms with van der Waals surface area (Å²) in [5.41, 5.74) is 0.901. The number of carbonyl (C=O) groups is 1. The Morgan fingerprint density at radius 3 is 2.70 bits per heavy atom. The van der Waals surface area contributed by atoms with Gasteiger partial charge in [0.25, 0.3) is 0 Å². The lowest BCUT2D eigenvalue weighted by molar-refractivity contribution is -0.126. The highest BCUT2D eigenvalue weighted by atomic mass is 16.3. The topological polar surface area (TPSA) is 69.6 Å². The highest BCUT2D eigenvalue weighted by Gasteiger charge is 2.41. The largest absolute Gasteiger partial charge is 0.389 e. The minimum Gasteiger partial charge on any atom is -0.389 e. The van der Waals surface area contributed by atoms with Crippen molar-refractivity contribution in [2.75, 3.05) is 6.54 Å². The lowest BCUT2D eigenvalue weighted by atomic mass is 9.96. The molecule has 0 saturated heterocycles. The number of aliphatic hydroxyl groups is 2. The maximum absolute atomic E-state index is 11.8.